The SMILES string of the molecule is CC(C)c1cc(C(=O)N2CCOC(CO)C2)cc(Cl)n1. The Labute approximate surface area is 123 Å². The molecule has 110 valence electrons. The molecule has 1 aliphatic rings. The van der Waals surface area contributed by atoms with Crippen LogP contribution in [0.2, 0.25) is 5.15 Å². The van der Waals surface area contributed by atoms with Gasteiger partial charge in [0.15, 0.2) is 0 Å². The number of pyridine rings is 1. The Morgan fingerprint density at radius 2 is 2.35 bits per heavy atom. The number of hydrogen-bond donors (Lipinski definition) is 1. The summed E-state index contributed by atoms with van der Waals surface area (Å²) in [6.07, 6.45) is -0.311. The second-order valence-electron chi connectivity index (χ2n) is 5.18. The van der Waals surface area contributed by atoms with Crippen LogP contribution in [0.25, 0.3) is 0 Å². The quantitative estimate of drug-likeness (QED) is 0.863. The van der Waals surface area contributed by atoms with Crippen LogP contribution in [0.5, 0.6) is 0 Å². The lowest BCUT2D eigenvalue weighted by Gasteiger charge is -2.32. The molecule has 1 saturated heterocycles. The molecule has 0 saturated carbocycles. The summed E-state index contributed by atoms with van der Waals surface area (Å²) in [7, 11) is 0. The van der Waals surface area contributed by atoms with E-state index in [0.29, 0.717) is 30.4 Å². The molecule has 1 atom stereocenters. The number of carbonyl (C=O) groups excluding carboxylic acids is 1. The molecule has 5 nitrogen and oxygen atoms in total. The standard InChI is InChI=1S/C14H19ClN2O3/c1-9(2)12-5-10(6-13(15)16-12)14(19)17-3-4-20-11(7-17)8-18/h5-6,9,11,18H,3-4,7-8H2,1-2H3. The molecular formula is C14H19ClN2O3. The van der Waals surface area contributed by atoms with Gasteiger partial charge in [-0.15, -0.1) is 0 Å². The number of hydrogen-bond acceptors (Lipinski definition) is 4. The van der Waals surface area contributed by atoms with Crippen molar-refractivity contribution in [3.8, 4) is 0 Å². The van der Waals surface area contributed by atoms with Crippen LogP contribution in [0.15, 0.2) is 12.1 Å². The second-order valence-corrected chi connectivity index (χ2v) is 5.57. The molecule has 2 heterocycles. The molecule has 0 aromatic carbocycles. The largest absolute Gasteiger partial charge is 0.394 e. The number of rotatable bonds is 3. The van der Waals surface area contributed by atoms with Gasteiger partial charge in [-0.25, -0.2) is 4.98 Å². The van der Waals surface area contributed by atoms with E-state index in [9.17, 15) is 4.79 Å². The highest BCUT2D eigenvalue weighted by Gasteiger charge is 2.25. The molecule has 1 aromatic heterocycles. The summed E-state index contributed by atoms with van der Waals surface area (Å²) in [5, 5.41) is 9.45. The Morgan fingerprint density at radius 1 is 1.60 bits per heavy atom. The van der Waals surface area contributed by atoms with Crippen molar-refractivity contribution in [3.05, 3.63) is 28.5 Å². The van der Waals surface area contributed by atoms with Crippen LogP contribution in [0.4, 0.5) is 0 Å². The average Bonchev–Trinajstić information content (AvgIpc) is 2.45. The molecule has 2 rings (SSSR count). The van der Waals surface area contributed by atoms with Crippen molar-refractivity contribution in [2.45, 2.75) is 25.9 Å². The molecule has 1 aromatic rings. The number of halogens is 1. The number of aliphatic hydroxyl groups is 1. The fourth-order valence-corrected chi connectivity index (χ4v) is 2.35. The number of carbonyl (C=O) groups is 1. The zero-order valence-corrected chi connectivity index (χ0v) is 12.4. The molecule has 1 fully saturated rings. The summed E-state index contributed by atoms with van der Waals surface area (Å²) < 4.78 is 5.35. The molecule has 0 aliphatic carbocycles. The van der Waals surface area contributed by atoms with E-state index < -0.39 is 0 Å². The number of aliphatic hydroxyl groups excluding tert-OH is 1. The summed E-state index contributed by atoms with van der Waals surface area (Å²) in [5.74, 6) is 0.105. The Balaban J connectivity index is 2.20. The van der Waals surface area contributed by atoms with Gasteiger partial charge in [-0.05, 0) is 18.1 Å². The first-order chi connectivity index (χ1) is 9.51. The van der Waals surface area contributed by atoms with E-state index >= 15 is 0 Å². The fraction of sp³-hybridized carbons (Fsp3) is 0.571. The monoisotopic (exact) mass is 298 g/mol. The minimum absolute atomic E-state index is 0.0852. The first-order valence-corrected chi connectivity index (χ1v) is 7.08. The van der Waals surface area contributed by atoms with Gasteiger partial charge in [0.2, 0.25) is 0 Å². The van der Waals surface area contributed by atoms with Gasteiger partial charge in [-0.3, -0.25) is 4.79 Å². The van der Waals surface area contributed by atoms with Gasteiger partial charge in [0.1, 0.15) is 5.15 Å². The highest BCUT2D eigenvalue weighted by molar-refractivity contribution is 6.29. The predicted molar refractivity (Wildman–Crippen MR) is 76.1 cm³/mol. The van der Waals surface area contributed by atoms with Gasteiger partial charge in [0.05, 0.1) is 19.3 Å². The van der Waals surface area contributed by atoms with Crippen LogP contribution < -0.4 is 0 Å². The smallest absolute Gasteiger partial charge is 0.254 e. The minimum atomic E-state index is -0.311. The average molecular weight is 299 g/mol. The molecule has 1 amide bonds. The first-order valence-electron chi connectivity index (χ1n) is 6.70. The van der Waals surface area contributed by atoms with Crippen molar-refractivity contribution in [1.29, 1.82) is 0 Å². The molecule has 1 aliphatic heterocycles. The van der Waals surface area contributed by atoms with E-state index in [2.05, 4.69) is 4.98 Å². The van der Waals surface area contributed by atoms with Crippen molar-refractivity contribution in [3.63, 3.8) is 0 Å². The van der Waals surface area contributed by atoms with Crippen LogP contribution in [-0.4, -0.2) is 53.3 Å². The lowest BCUT2D eigenvalue weighted by molar-refractivity contribution is -0.0447. The van der Waals surface area contributed by atoms with Crippen molar-refractivity contribution in [1.82, 2.24) is 9.88 Å². The van der Waals surface area contributed by atoms with Crippen molar-refractivity contribution in [2.75, 3.05) is 26.3 Å². The van der Waals surface area contributed by atoms with Crippen molar-refractivity contribution >= 4 is 17.5 Å². The van der Waals surface area contributed by atoms with Crippen LogP contribution in [0.3, 0.4) is 0 Å². The van der Waals surface area contributed by atoms with Crippen molar-refractivity contribution in [2.24, 2.45) is 0 Å². The van der Waals surface area contributed by atoms with Gasteiger partial charge in [0.25, 0.3) is 5.91 Å². The maximum Gasteiger partial charge on any atom is 0.254 e. The summed E-state index contributed by atoms with van der Waals surface area (Å²) in [6, 6.07) is 3.36. The molecule has 0 radical (unpaired) electrons. The third-order valence-corrected chi connectivity index (χ3v) is 3.48. The molecule has 0 spiro atoms. The summed E-state index contributed by atoms with van der Waals surface area (Å²) >= 11 is 5.99. The normalized spacial score (nSPS) is 19.4. The van der Waals surface area contributed by atoms with Crippen LogP contribution >= 0.6 is 11.6 Å². The molecule has 0 bridgehead atoms. The van der Waals surface area contributed by atoms with E-state index in [-0.39, 0.29) is 24.5 Å². The molecular weight excluding hydrogens is 280 g/mol. The molecule has 1 unspecified atom stereocenters. The van der Waals surface area contributed by atoms with Gasteiger partial charge in [-0.1, -0.05) is 25.4 Å². The highest BCUT2D eigenvalue weighted by Crippen LogP contribution is 2.19. The third kappa shape index (κ3) is 3.48. The number of amides is 1. The summed E-state index contributed by atoms with van der Waals surface area (Å²) in [4.78, 5) is 18.4. The van der Waals surface area contributed by atoms with Crippen LogP contribution in [-0.2, 0) is 4.74 Å². The summed E-state index contributed by atoms with van der Waals surface area (Å²) in [5.41, 5.74) is 1.33. The number of nitrogens with zero attached hydrogens (tertiary/aromatic N) is 2. The van der Waals surface area contributed by atoms with E-state index in [4.69, 9.17) is 21.4 Å². The second kappa shape index (κ2) is 6.52. The Kier molecular flexibility index (Phi) is 4.96. The molecule has 20 heavy (non-hydrogen) atoms. The minimum Gasteiger partial charge on any atom is -0.394 e. The fourth-order valence-electron chi connectivity index (χ4n) is 2.13. The van der Waals surface area contributed by atoms with E-state index in [0.717, 1.165) is 5.69 Å². The van der Waals surface area contributed by atoms with Gasteiger partial charge >= 0.3 is 0 Å². The van der Waals surface area contributed by atoms with E-state index in [1.54, 1.807) is 17.0 Å². The maximum atomic E-state index is 12.5. The predicted octanol–water partition coefficient (Wildman–Crippen LogP) is 1.69. The zero-order valence-electron chi connectivity index (χ0n) is 11.7. The van der Waals surface area contributed by atoms with E-state index in [1.165, 1.54) is 0 Å². The summed E-state index contributed by atoms with van der Waals surface area (Å²) in [6.45, 7) is 5.27. The zero-order chi connectivity index (χ0) is 14.7. The number of morpholine rings is 1. The number of aromatic nitrogens is 1. The lowest BCUT2D eigenvalue weighted by Crippen LogP contribution is -2.46. The topological polar surface area (TPSA) is 62.7 Å². The van der Waals surface area contributed by atoms with Gasteiger partial charge < -0.3 is 14.7 Å². The van der Waals surface area contributed by atoms with Gasteiger partial charge in [-0.2, -0.15) is 0 Å². The maximum absolute atomic E-state index is 12.5. The highest BCUT2D eigenvalue weighted by atomic mass is 35.5. The Hall–Kier alpha value is -1.17. The third-order valence-electron chi connectivity index (χ3n) is 3.28. The lowest BCUT2D eigenvalue weighted by atomic mass is 10.1. The Bertz CT molecular complexity index is 493. The Morgan fingerprint density at radius 3 is 3.00 bits per heavy atom. The molecule has 1 N–H and O–H groups in total. The van der Waals surface area contributed by atoms with Crippen LogP contribution in [0.1, 0.15) is 35.8 Å². The number of ether oxygens (including phenoxy) is 1. The first kappa shape index (κ1) is 15.2. The molecule has 6 heteroatoms. The van der Waals surface area contributed by atoms with Gasteiger partial charge in [0, 0.05) is 24.3 Å². The van der Waals surface area contributed by atoms with E-state index in [1.807, 2.05) is 13.8 Å². The van der Waals surface area contributed by atoms with Crippen LogP contribution in [0, 0.1) is 0 Å². The van der Waals surface area contributed by atoms with Crippen molar-refractivity contribution < 1.29 is 14.6 Å².